The van der Waals surface area contributed by atoms with Crippen LogP contribution in [0, 0.1) is 0 Å². The lowest BCUT2D eigenvalue weighted by molar-refractivity contribution is -0.132. The number of benzene rings is 1. The Bertz CT molecular complexity index is 421. The van der Waals surface area contributed by atoms with Gasteiger partial charge in [-0.2, -0.15) is 13.2 Å². The Balaban J connectivity index is 2.59. The lowest BCUT2D eigenvalue weighted by atomic mass is 10.2. The van der Waals surface area contributed by atoms with Crippen molar-refractivity contribution in [3.05, 3.63) is 28.2 Å². The van der Waals surface area contributed by atoms with E-state index in [2.05, 4.69) is 21.2 Å². The van der Waals surface area contributed by atoms with Crippen molar-refractivity contribution in [3.8, 4) is 5.75 Å². The van der Waals surface area contributed by atoms with Gasteiger partial charge < -0.3 is 10.4 Å². The monoisotopic (exact) mass is 311 g/mol. The topological polar surface area (TPSA) is 49.3 Å². The summed E-state index contributed by atoms with van der Waals surface area (Å²) in [5.74, 6) is -1.02. The molecule has 3 nitrogen and oxygen atoms in total. The lowest BCUT2D eigenvalue weighted by Gasteiger charge is -2.08. The highest BCUT2D eigenvalue weighted by Gasteiger charge is 2.26. The summed E-state index contributed by atoms with van der Waals surface area (Å²) in [5.41, 5.74) is -0.0598. The van der Waals surface area contributed by atoms with Crippen molar-refractivity contribution in [2.45, 2.75) is 12.6 Å². The predicted molar refractivity (Wildman–Crippen MR) is 58.8 cm³/mol. The molecular weight excluding hydrogens is 303 g/mol. The second-order valence-electron chi connectivity index (χ2n) is 3.28. The molecule has 0 unspecified atom stereocenters. The fourth-order valence-corrected chi connectivity index (χ4v) is 1.46. The first-order valence-electron chi connectivity index (χ1n) is 4.63. The molecule has 1 aromatic rings. The van der Waals surface area contributed by atoms with Crippen molar-refractivity contribution in [2.75, 3.05) is 6.54 Å². The molecule has 0 aliphatic heterocycles. The second kappa shape index (κ2) is 5.39. The molecule has 94 valence electrons. The van der Waals surface area contributed by atoms with Gasteiger partial charge in [0.15, 0.2) is 0 Å². The standard InChI is InChI=1S/C10H9BrF3NO2/c11-6-1-2-7(8(16)5-6)9(17)15-4-3-10(12,13)14/h1-2,5,16H,3-4H2,(H,15,17). The van der Waals surface area contributed by atoms with Gasteiger partial charge in [0.2, 0.25) is 0 Å². The van der Waals surface area contributed by atoms with Crippen molar-refractivity contribution in [1.29, 1.82) is 0 Å². The number of phenolic OH excluding ortho intramolecular Hbond substituents is 1. The minimum atomic E-state index is -4.31. The number of amides is 1. The molecule has 1 rings (SSSR count). The normalized spacial score (nSPS) is 11.3. The van der Waals surface area contributed by atoms with E-state index in [0.29, 0.717) is 4.47 Å². The van der Waals surface area contributed by atoms with Gasteiger partial charge in [-0.05, 0) is 18.2 Å². The van der Waals surface area contributed by atoms with Crippen LogP contribution in [0.4, 0.5) is 13.2 Å². The van der Waals surface area contributed by atoms with E-state index < -0.39 is 25.0 Å². The number of hydrogen-bond donors (Lipinski definition) is 2. The van der Waals surface area contributed by atoms with Crippen LogP contribution < -0.4 is 5.32 Å². The molecule has 0 bridgehead atoms. The number of carbonyl (C=O) groups is 1. The van der Waals surface area contributed by atoms with Crippen LogP contribution in [-0.4, -0.2) is 23.7 Å². The number of nitrogens with one attached hydrogen (secondary N) is 1. The predicted octanol–water partition coefficient (Wildman–Crippen LogP) is 2.84. The smallest absolute Gasteiger partial charge is 0.390 e. The number of aromatic hydroxyl groups is 1. The Morgan fingerprint density at radius 3 is 2.59 bits per heavy atom. The van der Waals surface area contributed by atoms with Gasteiger partial charge in [-0.3, -0.25) is 4.79 Å². The lowest BCUT2D eigenvalue weighted by Crippen LogP contribution is -2.27. The van der Waals surface area contributed by atoms with E-state index in [-0.39, 0.29) is 11.3 Å². The van der Waals surface area contributed by atoms with Crippen molar-refractivity contribution in [1.82, 2.24) is 5.32 Å². The van der Waals surface area contributed by atoms with Gasteiger partial charge in [0.25, 0.3) is 5.91 Å². The number of rotatable bonds is 3. The summed E-state index contributed by atoms with van der Waals surface area (Å²) in [4.78, 5) is 11.4. The van der Waals surface area contributed by atoms with Crippen LogP contribution in [0.5, 0.6) is 5.75 Å². The van der Waals surface area contributed by atoms with Crippen LogP contribution in [-0.2, 0) is 0 Å². The van der Waals surface area contributed by atoms with E-state index in [1.807, 2.05) is 0 Å². The van der Waals surface area contributed by atoms with Gasteiger partial charge in [0.1, 0.15) is 5.75 Å². The first-order valence-corrected chi connectivity index (χ1v) is 5.42. The summed E-state index contributed by atoms with van der Waals surface area (Å²) in [6.07, 6.45) is -5.41. The number of carbonyl (C=O) groups excluding carboxylic acids is 1. The molecule has 0 heterocycles. The third kappa shape index (κ3) is 4.64. The highest BCUT2D eigenvalue weighted by atomic mass is 79.9. The minimum Gasteiger partial charge on any atom is -0.507 e. The molecule has 0 radical (unpaired) electrons. The van der Waals surface area contributed by atoms with Gasteiger partial charge in [-0.25, -0.2) is 0 Å². The number of hydrogen-bond acceptors (Lipinski definition) is 2. The number of phenols is 1. The molecule has 0 aliphatic carbocycles. The Kier molecular flexibility index (Phi) is 4.39. The molecule has 0 saturated heterocycles. The Morgan fingerprint density at radius 1 is 1.41 bits per heavy atom. The molecule has 0 atom stereocenters. The van der Waals surface area contributed by atoms with Crippen LogP contribution in [0.3, 0.4) is 0 Å². The Morgan fingerprint density at radius 2 is 2.06 bits per heavy atom. The fourth-order valence-electron chi connectivity index (χ4n) is 1.11. The van der Waals surface area contributed by atoms with Gasteiger partial charge in [0, 0.05) is 11.0 Å². The van der Waals surface area contributed by atoms with Crippen molar-refractivity contribution in [3.63, 3.8) is 0 Å². The molecule has 17 heavy (non-hydrogen) atoms. The van der Waals surface area contributed by atoms with Crippen molar-refractivity contribution in [2.24, 2.45) is 0 Å². The van der Waals surface area contributed by atoms with Crippen molar-refractivity contribution < 1.29 is 23.1 Å². The molecule has 2 N–H and O–H groups in total. The van der Waals surface area contributed by atoms with Crippen LogP contribution in [0.15, 0.2) is 22.7 Å². The SMILES string of the molecule is O=C(NCCC(F)(F)F)c1ccc(Br)cc1O. The quantitative estimate of drug-likeness (QED) is 0.902. The molecule has 0 aliphatic rings. The highest BCUT2D eigenvalue weighted by Crippen LogP contribution is 2.22. The molecule has 0 fully saturated rings. The van der Waals surface area contributed by atoms with E-state index in [9.17, 15) is 23.1 Å². The van der Waals surface area contributed by atoms with E-state index in [0.717, 1.165) is 0 Å². The molecule has 0 spiro atoms. The summed E-state index contributed by atoms with van der Waals surface area (Å²) >= 11 is 3.08. The van der Waals surface area contributed by atoms with Gasteiger partial charge in [0.05, 0.1) is 12.0 Å². The molecular formula is C10H9BrF3NO2. The average Bonchev–Trinajstić information content (AvgIpc) is 2.15. The minimum absolute atomic E-state index is 0.0598. The van der Waals surface area contributed by atoms with Crippen LogP contribution >= 0.6 is 15.9 Å². The van der Waals surface area contributed by atoms with E-state index in [1.54, 1.807) is 0 Å². The van der Waals surface area contributed by atoms with Crippen LogP contribution in [0.25, 0.3) is 0 Å². The Labute approximate surface area is 104 Å². The summed E-state index contributed by atoms with van der Waals surface area (Å²) < 4.78 is 36.1. The molecule has 0 aromatic heterocycles. The van der Waals surface area contributed by atoms with Gasteiger partial charge >= 0.3 is 6.18 Å². The summed E-state index contributed by atoms with van der Waals surface area (Å²) in [7, 11) is 0. The molecule has 1 aromatic carbocycles. The Hall–Kier alpha value is -1.24. The van der Waals surface area contributed by atoms with E-state index >= 15 is 0 Å². The number of alkyl halides is 3. The highest BCUT2D eigenvalue weighted by molar-refractivity contribution is 9.10. The summed E-state index contributed by atoms with van der Waals surface area (Å²) in [6, 6.07) is 4.12. The fraction of sp³-hybridized carbons (Fsp3) is 0.300. The first kappa shape index (κ1) is 13.8. The van der Waals surface area contributed by atoms with Gasteiger partial charge in [-0.1, -0.05) is 15.9 Å². The average molecular weight is 312 g/mol. The maximum atomic E-state index is 11.8. The zero-order valence-electron chi connectivity index (χ0n) is 8.51. The maximum absolute atomic E-state index is 11.8. The zero-order valence-corrected chi connectivity index (χ0v) is 10.1. The van der Waals surface area contributed by atoms with Gasteiger partial charge in [-0.15, -0.1) is 0 Å². The largest absolute Gasteiger partial charge is 0.507 e. The van der Waals surface area contributed by atoms with Crippen LogP contribution in [0.2, 0.25) is 0 Å². The summed E-state index contributed by atoms with van der Waals surface area (Å²) in [5, 5.41) is 11.5. The zero-order chi connectivity index (χ0) is 13.1. The number of halogens is 4. The van der Waals surface area contributed by atoms with E-state index in [4.69, 9.17) is 0 Å². The molecule has 1 amide bonds. The summed E-state index contributed by atoms with van der Waals surface area (Å²) in [6.45, 7) is -0.516. The third-order valence-corrected chi connectivity index (χ3v) is 2.39. The maximum Gasteiger partial charge on any atom is 0.390 e. The molecule has 0 saturated carbocycles. The first-order chi connectivity index (χ1) is 7.79. The van der Waals surface area contributed by atoms with E-state index in [1.165, 1.54) is 18.2 Å². The van der Waals surface area contributed by atoms with Crippen molar-refractivity contribution >= 4 is 21.8 Å². The second-order valence-corrected chi connectivity index (χ2v) is 4.20. The molecule has 7 heteroatoms. The van der Waals surface area contributed by atoms with Crippen LogP contribution in [0.1, 0.15) is 16.8 Å². The third-order valence-electron chi connectivity index (χ3n) is 1.90.